The maximum absolute atomic E-state index is 6.08. The molecule has 0 saturated heterocycles. The molecule has 1 aliphatic carbocycles. The lowest BCUT2D eigenvalue weighted by atomic mass is 9.71. The van der Waals surface area contributed by atoms with Crippen LogP contribution < -0.4 is 5.73 Å². The van der Waals surface area contributed by atoms with E-state index in [1.807, 2.05) is 0 Å². The highest BCUT2D eigenvalue weighted by Crippen LogP contribution is 2.36. The van der Waals surface area contributed by atoms with Gasteiger partial charge in [0.05, 0.1) is 5.60 Å². The van der Waals surface area contributed by atoms with Crippen LogP contribution >= 0.6 is 0 Å². The number of hydrogen-bond donors (Lipinski definition) is 1. The Morgan fingerprint density at radius 1 is 1.45 bits per heavy atom. The van der Waals surface area contributed by atoms with Crippen LogP contribution in [0.4, 0.5) is 0 Å². The number of ether oxygens (including phenoxy) is 1. The number of nitrogens with two attached hydrogens (primary N) is 1. The predicted molar refractivity (Wildman–Crippen MR) is 46.5 cm³/mol. The molecule has 2 nitrogen and oxygen atoms in total. The molecule has 0 bridgehead atoms. The van der Waals surface area contributed by atoms with E-state index < -0.39 is 0 Å². The summed E-state index contributed by atoms with van der Waals surface area (Å²) in [5, 5.41) is 0. The first-order valence-electron chi connectivity index (χ1n) is 4.32. The van der Waals surface area contributed by atoms with Gasteiger partial charge in [-0.2, -0.15) is 0 Å². The molecule has 0 atom stereocenters. The van der Waals surface area contributed by atoms with Crippen LogP contribution in [-0.4, -0.2) is 18.2 Å². The van der Waals surface area contributed by atoms with E-state index in [1.165, 1.54) is 19.3 Å². The van der Waals surface area contributed by atoms with E-state index in [0.717, 1.165) is 6.42 Å². The fourth-order valence-corrected chi connectivity index (χ4v) is 1.73. The molecule has 11 heavy (non-hydrogen) atoms. The number of rotatable bonds is 3. The van der Waals surface area contributed by atoms with E-state index >= 15 is 0 Å². The van der Waals surface area contributed by atoms with E-state index in [4.69, 9.17) is 10.5 Å². The minimum Gasteiger partial charge on any atom is -0.379 e. The zero-order valence-corrected chi connectivity index (χ0v) is 7.81. The third kappa shape index (κ3) is 2.17. The van der Waals surface area contributed by atoms with Crippen LogP contribution in [0.25, 0.3) is 0 Å². The van der Waals surface area contributed by atoms with Gasteiger partial charge in [-0.15, -0.1) is 0 Å². The Kier molecular flexibility index (Phi) is 2.26. The van der Waals surface area contributed by atoms with E-state index in [1.54, 1.807) is 7.11 Å². The largest absolute Gasteiger partial charge is 0.379 e. The molecule has 0 heterocycles. The fourth-order valence-electron chi connectivity index (χ4n) is 1.73. The van der Waals surface area contributed by atoms with Crippen molar-refractivity contribution in [2.24, 2.45) is 5.73 Å². The fraction of sp³-hybridized carbons (Fsp3) is 1.00. The molecule has 1 rings (SSSR count). The molecule has 1 fully saturated rings. The normalized spacial score (nSPS) is 22.9. The molecule has 0 radical (unpaired) electrons. The summed E-state index contributed by atoms with van der Waals surface area (Å²) in [6.45, 7) is 4.19. The maximum atomic E-state index is 6.08. The Morgan fingerprint density at radius 3 is 2.27 bits per heavy atom. The van der Waals surface area contributed by atoms with E-state index in [9.17, 15) is 0 Å². The highest BCUT2D eigenvalue weighted by molar-refractivity contribution is 4.96. The Morgan fingerprint density at radius 2 is 2.00 bits per heavy atom. The number of methoxy groups -OCH3 is 1. The zero-order chi connectivity index (χ0) is 8.54. The average molecular weight is 157 g/mol. The van der Waals surface area contributed by atoms with Crippen molar-refractivity contribution in [3.05, 3.63) is 0 Å². The van der Waals surface area contributed by atoms with Crippen LogP contribution in [0.2, 0.25) is 0 Å². The van der Waals surface area contributed by atoms with Gasteiger partial charge in [-0.3, -0.25) is 0 Å². The van der Waals surface area contributed by atoms with Gasteiger partial charge in [0.25, 0.3) is 0 Å². The summed E-state index contributed by atoms with van der Waals surface area (Å²) >= 11 is 0. The summed E-state index contributed by atoms with van der Waals surface area (Å²) < 4.78 is 5.33. The summed E-state index contributed by atoms with van der Waals surface area (Å²) in [6, 6.07) is 0. The van der Waals surface area contributed by atoms with Crippen molar-refractivity contribution in [2.75, 3.05) is 7.11 Å². The molecular weight excluding hydrogens is 138 g/mol. The zero-order valence-electron chi connectivity index (χ0n) is 7.81. The lowest BCUT2D eigenvalue weighted by molar-refractivity contribution is -0.0158. The van der Waals surface area contributed by atoms with Gasteiger partial charge in [0.1, 0.15) is 0 Å². The third-order valence-corrected chi connectivity index (χ3v) is 2.68. The molecular formula is C9H19NO. The first kappa shape index (κ1) is 9.01. The van der Waals surface area contributed by atoms with Crippen molar-refractivity contribution < 1.29 is 4.74 Å². The number of hydrogen-bond acceptors (Lipinski definition) is 2. The Bertz CT molecular complexity index is 129. The molecule has 0 unspecified atom stereocenters. The molecule has 1 saturated carbocycles. The highest BCUT2D eigenvalue weighted by atomic mass is 16.5. The molecule has 2 heteroatoms. The van der Waals surface area contributed by atoms with Gasteiger partial charge < -0.3 is 10.5 Å². The SMILES string of the molecule is COC(C)(C)CC1(N)CCC1. The van der Waals surface area contributed by atoms with Crippen LogP contribution in [-0.2, 0) is 4.74 Å². The van der Waals surface area contributed by atoms with Gasteiger partial charge in [0.15, 0.2) is 0 Å². The molecule has 66 valence electrons. The minimum atomic E-state index is -0.0465. The van der Waals surface area contributed by atoms with Crippen molar-refractivity contribution in [3.8, 4) is 0 Å². The molecule has 0 aromatic carbocycles. The van der Waals surface area contributed by atoms with Gasteiger partial charge in [-0.25, -0.2) is 0 Å². The Hall–Kier alpha value is -0.0800. The molecule has 2 N–H and O–H groups in total. The summed E-state index contributed by atoms with van der Waals surface area (Å²) in [7, 11) is 1.75. The highest BCUT2D eigenvalue weighted by Gasteiger charge is 2.37. The van der Waals surface area contributed by atoms with E-state index in [2.05, 4.69) is 13.8 Å². The van der Waals surface area contributed by atoms with Crippen molar-refractivity contribution in [1.29, 1.82) is 0 Å². The van der Waals surface area contributed by atoms with Crippen LogP contribution in [0.15, 0.2) is 0 Å². The van der Waals surface area contributed by atoms with Crippen LogP contribution in [0, 0.1) is 0 Å². The lowest BCUT2D eigenvalue weighted by Crippen LogP contribution is -2.51. The third-order valence-electron chi connectivity index (χ3n) is 2.68. The van der Waals surface area contributed by atoms with Crippen molar-refractivity contribution in [3.63, 3.8) is 0 Å². The lowest BCUT2D eigenvalue weighted by Gasteiger charge is -2.43. The Labute approximate surface area is 69.1 Å². The summed E-state index contributed by atoms with van der Waals surface area (Å²) in [4.78, 5) is 0. The van der Waals surface area contributed by atoms with Crippen LogP contribution in [0.3, 0.4) is 0 Å². The van der Waals surface area contributed by atoms with Crippen molar-refractivity contribution in [1.82, 2.24) is 0 Å². The van der Waals surface area contributed by atoms with Crippen LogP contribution in [0.1, 0.15) is 39.5 Å². The summed E-state index contributed by atoms with van der Waals surface area (Å²) in [5.74, 6) is 0. The molecule has 0 aliphatic heterocycles. The first-order chi connectivity index (χ1) is 4.97. The quantitative estimate of drug-likeness (QED) is 0.676. The maximum Gasteiger partial charge on any atom is 0.0640 e. The van der Waals surface area contributed by atoms with Crippen LogP contribution in [0.5, 0.6) is 0 Å². The van der Waals surface area contributed by atoms with Gasteiger partial charge >= 0.3 is 0 Å². The van der Waals surface area contributed by atoms with Gasteiger partial charge in [-0.1, -0.05) is 0 Å². The molecule has 0 aromatic rings. The minimum absolute atomic E-state index is 0.0465. The average Bonchev–Trinajstić information content (AvgIpc) is 1.84. The Balaban J connectivity index is 2.40. The summed E-state index contributed by atoms with van der Waals surface area (Å²) in [5.41, 5.74) is 6.12. The molecule has 1 aliphatic rings. The second-order valence-electron chi connectivity index (χ2n) is 4.36. The first-order valence-corrected chi connectivity index (χ1v) is 4.32. The van der Waals surface area contributed by atoms with E-state index in [0.29, 0.717) is 0 Å². The predicted octanol–water partition coefficient (Wildman–Crippen LogP) is 1.68. The molecule has 0 amide bonds. The van der Waals surface area contributed by atoms with Gasteiger partial charge in [0.2, 0.25) is 0 Å². The monoisotopic (exact) mass is 157 g/mol. The van der Waals surface area contributed by atoms with Crippen molar-refractivity contribution >= 4 is 0 Å². The second-order valence-corrected chi connectivity index (χ2v) is 4.36. The smallest absolute Gasteiger partial charge is 0.0640 e. The second kappa shape index (κ2) is 2.76. The van der Waals surface area contributed by atoms with E-state index in [-0.39, 0.29) is 11.1 Å². The molecule has 0 spiro atoms. The van der Waals surface area contributed by atoms with Gasteiger partial charge in [0, 0.05) is 12.6 Å². The summed E-state index contributed by atoms with van der Waals surface area (Å²) in [6.07, 6.45) is 4.60. The topological polar surface area (TPSA) is 35.2 Å². The van der Waals surface area contributed by atoms with Gasteiger partial charge in [-0.05, 0) is 39.5 Å². The van der Waals surface area contributed by atoms with Crippen molar-refractivity contribution in [2.45, 2.75) is 50.7 Å². The molecule has 0 aromatic heterocycles. The standard InChI is InChI=1S/C9H19NO/c1-8(2,11-3)7-9(10)5-4-6-9/h4-7,10H2,1-3H3.